The van der Waals surface area contributed by atoms with Crippen LogP contribution in [0.1, 0.15) is 37.5 Å². The average Bonchev–Trinajstić information content (AvgIpc) is 3.23. The van der Waals surface area contributed by atoms with Gasteiger partial charge in [-0.2, -0.15) is 0 Å². The van der Waals surface area contributed by atoms with Crippen LogP contribution in [0.3, 0.4) is 0 Å². The lowest BCUT2D eigenvalue weighted by Gasteiger charge is -2.28. The van der Waals surface area contributed by atoms with Crippen LogP contribution in [0.4, 0.5) is 11.5 Å². The van der Waals surface area contributed by atoms with Gasteiger partial charge in [-0.25, -0.2) is 15.0 Å². The quantitative estimate of drug-likeness (QED) is 0.579. The van der Waals surface area contributed by atoms with Crippen molar-refractivity contribution in [3.63, 3.8) is 0 Å². The van der Waals surface area contributed by atoms with Gasteiger partial charge >= 0.3 is 0 Å². The predicted octanol–water partition coefficient (Wildman–Crippen LogP) is 2.70. The van der Waals surface area contributed by atoms with Gasteiger partial charge in [0.25, 0.3) is 0 Å². The van der Waals surface area contributed by atoms with Crippen molar-refractivity contribution in [1.29, 1.82) is 0 Å². The van der Waals surface area contributed by atoms with Crippen molar-refractivity contribution >= 4 is 28.6 Å². The lowest BCUT2D eigenvalue weighted by atomic mass is 9.85. The molecule has 1 aromatic carbocycles. The smallest absolute Gasteiger partial charge is 0.227 e. The van der Waals surface area contributed by atoms with Gasteiger partial charge in [0.1, 0.15) is 11.3 Å². The molecule has 1 aliphatic rings. The van der Waals surface area contributed by atoms with Crippen molar-refractivity contribution in [3.05, 3.63) is 36.4 Å². The third-order valence-corrected chi connectivity index (χ3v) is 5.84. The van der Waals surface area contributed by atoms with Gasteiger partial charge in [0, 0.05) is 23.7 Å². The number of anilines is 2. The highest BCUT2D eigenvalue weighted by atomic mass is 16.5. The monoisotopic (exact) mass is 447 g/mol. The molecule has 0 bridgehead atoms. The summed E-state index contributed by atoms with van der Waals surface area (Å²) in [7, 11) is 5.52. The number of amides is 1. The molecule has 33 heavy (non-hydrogen) atoms. The molecule has 0 saturated heterocycles. The Balaban J connectivity index is 1.44. The number of methoxy groups -OCH3 is 1. The maximum absolute atomic E-state index is 12.8. The molecule has 4 rings (SSSR count). The highest BCUT2D eigenvalue weighted by Crippen LogP contribution is 2.35. The van der Waals surface area contributed by atoms with E-state index in [2.05, 4.69) is 36.7 Å². The van der Waals surface area contributed by atoms with Gasteiger partial charge in [-0.05, 0) is 57.8 Å². The number of carbonyl (C=O) groups excluding carboxylic acids is 1. The average molecular weight is 448 g/mol. The van der Waals surface area contributed by atoms with E-state index in [9.17, 15) is 4.79 Å². The van der Waals surface area contributed by atoms with Gasteiger partial charge < -0.3 is 20.4 Å². The molecule has 0 unspecified atom stereocenters. The van der Waals surface area contributed by atoms with Crippen LogP contribution in [0.25, 0.3) is 11.2 Å². The van der Waals surface area contributed by atoms with Crippen molar-refractivity contribution in [1.82, 2.24) is 24.4 Å². The summed E-state index contributed by atoms with van der Waals surface area (Å²) < 4.78 is 7.29. The number of carbonyl (C=O) groups is 1. The maximum Gasteiger partial charge on any atom is 0.227 e. The summed E-state index contributed by atoms with van der Waals surface area (Å²) in [5.74, 6) is 7.49. The van der Waals surface area contributed by atoms with E-state index in [4.69, 9.17) is 10.5 Å². The highest BCUT2D eigenvalue weighted by molar-refractivity contribution is 5.92. The number of hydrogen-bond donors (Lipinski definition) is 2. The molecule has 1 fully saturated rings. The van der Waals surface area contributed by atoms with Crippen molar-refractivity contribution in [2.45, 2.75) is 31.7 Å². The molecular formula is C24H29N7O2. The first kappa shape index (κ1) is 22.6. The lowest BCUT2D eigenvalue weighted by Crippen LogP contribution is -2.28. The Kier molecular flexibility index (Phi) is 6.75. The first-order valence-corrected chi connectivity index (χ1v) is 11.0. The normalized spacial score (nSPS) is 18.1. The predicted molar refractivity (Wildman–Crippen MR) is 128 cm³/mol. The lowest BCUT2D eigenvalue weighted by molar-refractivity contribution is -0.120. The van der Waals surface area contributed by atoms with E-state index in [1.54, 1.807) is 13.4 Å². The Morgan fingerprint density at radius 1 is 1.27 bits per heavy atom. The number of nitrogens with zero attached hydrogens (tertiary/aromatic N) is 5. The summed E-state index contributed by atoms with van der Waals surface area (Å²) in [6.45, 7) is 0.613. The summed E-state index contributed by atoms with van der Waals surface area (Å²) in [5, 5.41) is 3.01. The number of imidazole rings is 1. The first-order valence-electron chi connectivity index (χ1n) is 11.0. The number of rotatable bonds is 5. The Morgan fingerprint density at radius 2 is 2.06 bits per heavy atom. The number of hydrogen-bond acceptors (Lipinski definition) is 7. The second-order valence-corrected chi connectivity index (χ2v) is 8.52. The number of nitrogens with one attached hydrogen (secondary N) is 1. The molecule has 9 nitrogen and oxygen atoms in total. The van der Waals surface area contributed by atoms with Crippen LogP contribution in [0.5, 0.6) is 5.75 Å². The number of nitrogens with two attached hydrogens (primary N) is 1. The molecule has 0 spiro atoms. The molecule has 1 aliphatic carbocycles. The topological polar surface area (TPSA) is 111 Å². The van der Waals surface area contributed by atoms with Crippen molar-refractivity contribution < 1.29 is 9.53 Å². The van der Waals surface area contributed by atoms with E-state index < -0.39 is 0 Å². The van der Waals surface area contributed by atoms with Gasteiger partial charge in [-0.3, -0.25) is 9.69 Å². The van der Waals surface area contributed by atoms with E-state index in [1.807, 2.05) is 43.3 Å². The molecule has 0 radical (unpaired) electrons. The van der Waals surface area contributed by atoms with Crippen LogP contribution >= 0.6 is 0 Å². The third kappa shape index (κ3) is 5.23. The molecule has 0 aliphatic heterocycles. The van der Waals surface area contributed by atoms with E-state index in [0.717, 1.165) is 37.1 Å². The summed E-state index contributed by atoms with van der Waals surface area (Å²) >= 11 is 0. The van der Waals surface area contributed by atoms with Gasteiger partial charge in [-0.15, -0.1) is 0 Å². The molecule has 2 aromatic heterocycles. The van der Waals surface area contributed by atoms with Gasteiger partial charge in [-0.1, -0.05) is 12.0 Å². The largest absolute Gasteiger partial charge is 0.497 e. The minimum Gasteiger partial charge on any atom is -0.497 e. The minimum absolute atomic E-state index is 0.0330. The number of benzene rings is 1. The molecular weight excluding hydrogens is 418 g/mol. The van der Waals surface area contributed by atoms with Crippen molar-refractivity contribution in [2.24, 2.45) is 5.92 Å². The number of aromatic nitrogens is 4. The van der Waals surface area contributed by atoms with Crippen LogP contribution in [0.2, 0.25) is 0 Å². The molecule has 2 heterocycles. The van der Waals surface area contributed by atoms with E-state index in [0.29, 0.717) is 29.4 Å². The maximum atomic E-state index is 12.8. The Hall–Kier alpha value is -3.64. The minimum atomic E-state index is -0.0330. The van der Waals surface area contributed by atoms with Crippen molar-refractivity contribution in [2.75, 3.05) is 38.8 Å². The standard InChI is InChI=1S/C24H29N7O2/c1-30(2)13-5-8-20-28-22(25)21-23(29-20)31(15-26-21)18-11-9-16(10-12-18)24(32)27-17-6-4-7-19(14-17)33-3/h4,6-7,14-16,18H,9-13H2,1-3H3,(H,27,32)(H2,25,28,29). The fourth-order valence-electron chi connectivity index (χ4n) is 4.10. The van der Waals surface area contributed by atoms with Crippen LogP contribution in [0.15, 0.2) is 30.6 Å². The third-order valence-electron chi connectivity index (χ3n) is 5.84. The van der Waals surface area contributed by atoms with Crippen LogP contribution in [-0.2, 0) is 4.79 Å². The molecule has 9 heteroatoms. The molecule has 172 valence electrons. The van der Waals surface area contributed by atoms with Gasteiger partial charge in [0.15, 0.2) is 11.5 Å². The van der Waals surface area contributed by atoms with E-state index in [1.165, 1.54) is 0 Å². The van der Waals surface area contributed by atoms with Crippen LogP contribution in [0, 0.1) is 17.8 Å². The van der Waals surface area contributed by atoms with E-state index >= 15 is 0 Å². The number of nitrogen functional groups attached to an aromatic ring is 1. The molecule has 1 saturated carbocycles. The highest BCUT2D eigenvalue weighted by Gasteiger charge is 2.28. The Bertz CT molecular complexity index is 1200. The van der Waals surface area contributed by atoms with Crippen LogP contribution < -0.4 is 15.8 Å². The fourth-order valence-corrected chi connectivity index (χ4v) is 4.10. The summed E-state index contributed by atoms with van der Waals surface area (Å²) in [5.41, 5.74) is 8.15. The Morgan fingerprint density at radius 3 is 2.79 bits per heavy atom. The summed E-state index contributed by atoms with van der Waals surface area (Å²) in [6, 6.07) is 7.61. The zero-order valence-electron chi connectivity index (χ0n) is 19.2. The Labute approximate surface area is 193 Å². The zero-order chi connectivity index (χ0) is 23.4. The second-order valence-electron chi connectivity index (χ2n) is 8.52. The number of fused-ring (bicyclic) bond motifs is 1. The molecule has 0 atom stereocenters. The second kappa shape index (κ2) is 9.88. The SMILES string of the molecule is COc1cccc(NC(=O)C2CCC(n3cnc4c(N)nc(C#CCN(C)C)nc43)CC2)c1. The fraction of sp³-hybridized carbons (Fsp3) is 0.417. The van der Waals surface area contributed by atoms with Gasteiger partial charge in [0.2, 0.25) is 11.7 Å². The molecule has 3 aromatic rings. The van der Waals surface area contributed by atoms with Gasteiger partial charge in [0.05, 0.1) is 20.0 Å². The zero-order valence-corrected chi connectivity index (χ0v) is 19.2. The van der Waals surface area contributed by atoms with E-state index in [-0.39, 0.29) is 17.9 Å². The summed E-state index contributed by atoms with van der Waals surface area (Å²) in [4.78, 5) is 28.1. The first-order chi connectivity index (χ1) is 15.9. The van der Waals surface area contributed by atoms with Crippen molar-refractivity contribution in [3.8, 4) is 17.6 Å². The molecule has 1 amide bonds. The molecule has 3 N–H and O–H groups in total. The van der Waals surface area contributed by atoms with Crippen LogP contribution in [-0.4, -0.2) is 58.1 Å². The number of ether oxygens (including phenoxy) is 1. The summed E-state index contributed by atoms with van der Waals surface area (Å²) in [6.07, 6.45) is 5.06.